The zero-order valence-electron chi connectivity index (χ0n) is 18.1. The van der Waals surface area contributed by atoms with E-state index < -0.39 is 17.0 Å². The molecule has 0 spiro atoms. The molecule has 34 heavy (non-hydrogen) atoms. The minimum Gasteiger partial charge on any atom is -0.321 e. The van der Waals surface area contributed by atoms with E-state index in [0.29, 0.717) is 22.8 Å². The number of hydrogen-bond acceptors (Lipinski definition) is 4. The van der Waals surface area contributed by atoms with Gasteiger partial charge in [-0.2, -0.15) is 5.26 Å². The molecule has 170 valence electrons. The molecule has 0 aliphatic carbocycles. The number of nitrogens with zero attached hydrogens (tertiary/aromatic N) is 2. The summed E-state index contributed by atoms with van der Waals surface area (Å²) in [7, 11) is 0. The fourth-order valence-electron chi connectivity index (χ4n) is 3.48. The number of benzene rings is 3. The summed E-state index contributed by atoms with van der Waals surface area (Å²) in [6, 6.07) is 21.7. The van der Waals surface area contributed by atoms with E-state index in [4.69, 9.17) is 11.6 Å². The van der Waals surface area contributed by atoms with Crippen molar-refractivity contribution in [2.75, 3.05) is 10.2 Å². The third kappa shape index (κ3) is 5.14. The van der Waals surface area contributed by atoms with Crippen molar-refractivity contribution in [1.82, 2.24) is 0 Å². The normalized spacial score (nSPS) is 16.8. The van der Waals surface area contributed by atoms with Gasteiger partial charge in [-0.05, 0) is 67.4 Å². The quantitative estimate of drug-likeness (QED) is 0.359. The maximum atomic E-state index is 13.5. The van der Waals surface area contributed by atoms with Gasteiger partial charge in [-0.15, -0.1) is 0 Å². The second kappa shape index (κ2) is 10.1. The molecule has 1 aliphatic rings. The maximum Gasteiger partial charge on any atom is 0.269 e. The molecule has 0 radical (unpaired) electrons. The number of anilines is 2. The molecule has 4 rings (SSSR count). The van der Waals surface area contributed by atoms with Crippen molar-refractivity contribution in [2.45, 2.75) is 18.6 Å². The summed E-state index contributed by atoms with van der Waals surface area (Å²) in [4.78, 5) is 27.9. The van der Waals surface area contributed by atoms with Gasteiger partial charge < -0.3 is 5.32 Å². The van der Waals surface area contributed by atoms with Gasteiger partial charge in [0.25, 0.3) is 5.91 Å². The summed E-state index contributed by atoms with van der Waals surface area (Å²) in [5.74, 6) is -1.36. The molecule has 0 bridgehead atoms. The Kier molecular flexibility index (Phi) is 7.01. The molecule has 5 nitrogen and oxygen atoms in total. The Bertz CT molecular complexity index is 1300. The van der Waals surface area contributed by atoms with Gasteiger partial charge >= 0.3 is 0 Å². The van der Waals surface area contributed by atoms with Crippen LogP contribution in [0.3, 0.4) is 0 Å². The molecule has 3 aromatic rings. The highest BCUT2D eigenvalue weighted by Crippen LogP contribution is 2.42. The largest absolute Gasteiger partial charge is 0.321 e. The van der Waals surface area contributed by atoms with E-state index in [1.54, 1.807) is 24.3 Å². The highest BCUT2D eigenvalue weighted by atomic mass is 35.5. The fourth-order valence-corrected chi connectivity index (χ4v) is 4.91. The molecular formula is C26H19ClFN3O2S. The van der Waals surface area contributed by atoms with Crippen LogP contribution in [0.1, 0.15) is 11.1 Å². The van der Waals surface area contributed by atoms with E-state index in [1.807, 2.05) is 37.3 Å². The predicted molar refractivity (Wildman–Crippen MR) is 133 cm³/mol. The average Bonchev–Trinajstić information content (AvgIpc) is 3.13. The van der Waals surface area contributed by atoms with E-state index in [1.165, 1.54) is 40.9 Å². The summed E-state index contributed by atoms with van der Waals surface area (Å²) < 4.78 is 13.2. The van der Waals surface area contributed by atoms with Crippen molar-refractivity contribution in [3.63, 3.8) is 0 Å². The first-order valence-corrected chi connectivity index (χ1v) is 11.6. The van der Waals surface area contributed by atoms with Gasteiger partial charge in [0, 0.05) is 16.4 Å². The van der Waals surface area contributed by atoms with Crippen LogP contribution in [0, 0.1) is 24.1 Å². The first kappa shape index (κ1) is 23.6. The molecular weight excluding hydrogens is 473 g/mol. The Hall–Kier alpha value is -3.60. The second-order valence-electron chi connectivity index (χ2n) is 7.70. The molecule has 1 aliphatic heterocycles. The van der Waals surface area contributed by atoms with Crippen LogP contribution in [0.4, 0.5) is 15.8 Å². The molecule has 8 heteroatoms. The Balaban J connectivity index is 1.71. The van der Waals surface area contributed by atoms with Gasteiger partial charge in [0.1, 0.15) is 22.5 Å². The second-order valence-corrected chi connectivity index (χ2v) is 9.33. The highest BCUT2D eigenvalue weighted by molar-refractivity contribution is 8.05. The SMILES string of the molecule is Cc1ccc(CC2S/C(=C(\C#N)C(=O)Nc3ccc(F)cc3)N(c3ccc(Cl)cc3)C2=O)cc1. The monoisotopic (exact) mass is 491 g/mol. The number of carbonyl (C=O) groups excluding carboxylic acids is 2. The lowest BCUT2D eigenvalue weighted by atomic mass is 10.1. The number of aryl methyl sites for hydroxylation is 1. The summed E-state index contributed by atoms with van der Waals surface area (Å²) >= 11 is 7.20. The van der Waals surface area contributed by atoms with Gasteiger partial charge in [0.2, 0.25) is 5.91 Å². The van der Waals surface area contributed by atoms with Crippen LogP contribution in [-0.4, -0.2) is 17.1 Å². The van der Waals surface area contributed by atoms with E-state index >= 15 is 0 Å². The lowest BCUT2D eigenvalue weighted by Gasteiger charge is -2.19. The third-order valence-corrected chi connectivity index (χ3v) is 6.75. The van der Waals surface area contributed by atoms with Crippen LogP contribution in [0.5, 0.6) is 0 Å². The summed E-state index contributed by atoms with van der Waals surface area (Å²) in [5.41, 5.74) is 2.72. The van der Waals surface area contributed by atoms with Crippen LogP contribution < -0.4 is 10.2 Å². The van der Waals surface area contributed by atoms with Gasteiger partial charge in [-0.1, -0.05) is 53.2 Å². The average molecular weight is 492 g/mol. The van der Waals surface area contributed by atoms with Crippen molar-refractivity contribution in [3.05, 3.63) is 105 Å². The zero-order valence-corrected chi connectivity index (χ0v) is 19.7. The summed E-state index contributed by atoms with van der Waals surface area (Å²) in [6.07, 6.45) is 0.440. The molecule has 1 atom stereocenters. The lowest BCUT2D eigenvalue weighted by Crippen LogP contribution is -2.30. The third-order valence-electron chi connectivity index (χ3n) is 5.23. The topological polar surface area (TPSA) is 73.2 Å². The number of rotatable bonds is 5. The lowest BCUT2D eigenvalue weighted by molar-refractivity contribution is -0.117. The van der Waals surface area contributed by atoms with Crippen LogP contribution in [0.2, 0.25) is 5.02 Å². The Morgan fingerprint density at radius 2 is 1.74 bits per heavy atom. The van der Waals surface area contributed by atoms with Crippen molar-refractivity contribution in [1.29, 1.82) is 5.26 Å². The number of amides is 2. The van der Waals surface area contributed by atoms with Crippen molar-refractivity contribution >= 4 is 46.6 Å². The van der Waals surface area contributed by atoms with Gasteiger partial charge in [-0.3, -0.25) is 14.5 Å². The number of nitrogens with one attached hydrogen (secondary N) is 1. The number of halogens is 2. The van der Waals surface area contributed by atoms with Gasteiger partial charge in [-0.25, -0.2) is 4.39 Å². The highest BCUT2D eigenvalue weighted by Gasteiger charge is 2.40. The van der Waals surface area contributed by atoms with Gasteiger partial charge in [0.05, 0.1) is 5.25 Å². The smallest absolute Gasteiger partial charge is 0.269 e. The minimum absolute atomic E-state index is 0.205. The first-order valence-electron chi connectivity index (χ1n) is 10.4. The summed E-state index contributed by atoms with van der Waals surface area (Å²) in [6.45, 7) is 1.99. The van der Waals surface area contributed by atoms with E-state index in [9.17, 15) is 19.2 Å². The first-order chi connectivity index (χ1) is 16.4. The zero-order chi connectivity index (χ0) is 24.2. The molecule has 1 fully saturated rings. The molecule has 1 unspecified atom stereocenters. The van der Waals surface area contributed by atoms with Crippen molar-refractivity contribution < 1.29 is 14.0 Å². The maximum absolute atomic E-state index is 13.5. The fraction of sp³-hybridized carbons (Fsp3) is 0.115. The molecule has 0 saturated carbocycles. The van der Waals surface area contributed by atoms with Crippen LogP contribution in [0.15, 0.2) is 83.4 Å². The number of carbonyl (C=O) groups is 2. The van der Waals surface area contributed by atoms with Gasteiger partial charge in [0.15, 0.2) is 0 Å². The van der Waals surface area contributed by atoms with E-state index in [-0.39, 0.29) is 16.5 Å². The van der Waals surface area contributed by atoms with Crippen molar-refractivity contribution in [2.24, 2.45) is 0 Å². The molecule has 2 amide bonds. The summed E-state index contributed by atoms with van der Waals surface area (Å²) in [5, 5.41) is 12.7. The Morgan fingerprint density at radius 3 is 2.35 bits per heavy atom. The number of thioether (sulfide) groups is 1. The predicted octanol–water partition coefficient (Wildman–Crippen LogP) is 5.85. The Morgan fingerprint density at radius 1 is 1.09 bits per heavy atom. The van der Waals surface area contributed by atoms with Crippen LogP contribution in [0.25, 0.3) is 0 Å². The van der Waals surface area contributed by atoms with Crippen molar-refractivity contribution in [3.8, 4) is 6.07 Å². The van der Waals surface area contributed by atoms with Crippen LogP contribution in [-0.2, 0) is 16.0 Å². The standard InChI is InChI=1S/C26H19ClFN3O2S/c1-16-2-4-17(5-3-16)14-23-25(33)31(21-12-6-18(27)7-13-21)26(34-23)22(15-29)24(32)30-20-10-8-19(28)9-11-20/h2-13,23H,14H2,1H3,(H,30,32)/b26-22+. The van der Waals surface area contributed by atoms with E-state index in [0.717, 1.165) is 11.1 Å². The molecule has 1 N–H and O–H groups in total. The molecule has 0 aromatic heterocycles. The number of nitriles is 1. The molecule has 1 saturated heterocycles. The minimum atomic E-state index is -0.681. The molecule has 1 heterocycles. The van der Waals surface area contributed by atoms with E-state index in [2.05, 4.69) is 5.32 Å². The number of hydrogen-bond donors (Lipinski definition) is 1. The Labute approximate surface area is 205 Å². The van der Waals surface area contributed by atoms with Crippen LogP contribution >= 0.6 is 23.4 Å². The molecule has 3 aromatic carbocycles.